The van der Waals surface area contributed by atoms with Crippen molar-refractivity contribution < 1.29 is 4.79 Å². The molecule has 3 nitrogen and oxygen atoms in total. The molecular weight excluding hydrogens is 200 g/mol. The van der Waals surface area contributed by atoms with Gasteiger partial charge in [-0.2, -0.15) is 0 Å². The van der Waals surface area contributed by atoms with E-state index in [1.165, 1.54) is 19.3 Å². The van der Waals surface area contributed by atoms with Crippen LogP contribution in [0.3, 0.4) is 0 Å². The van der Waals surface area contributed by atoms with Crippen LogP contribution in [0, 0.1) is 0 Å². The van der Waals surface area contributed by atoms with E-state index in [9.17, 15) is 4.79 Å². The summed E-state index contributed by atoms with van der Waals surface area (Å²) in [6, 6.07) is 7.84. The molecule has 1 amide bonds. The van der Waals surface area contributed by atoms with Gasteiger partial charge in [0.15, 0.2) is 0 Å². The van der Waals surface area contributed by atoms with E-state index in [0.717, 1.165) is 24.3 Å². The molecule has 1 N–H and O–H groups in total. The Balaban J connectivity index is 2.28. The first-order valence-corrected chi connectivity index (χ1v) is 5.89. The van der Waals surface area contributed by atoms with Crippen molar-refractivity contribution in [2.45, 2.75) is 19.3 Å². The van der Waals surface area contributed by atoms with Gasteiger partial charge in [0.1, 0.15) is 0 Å². The highest BCUT2D eigenvalue weighted by Crippen LogP contribution is 2.23. The maximum atomic E-state index is 11.7. The second kappa shape index (κ2) is 5.01. The highest BCUT2D eigenvalue weighted by atomic mass is 16.1. The van der Waals surface area contributed by atoms with Gasteiger partial charge >= 0.3 is 0 Å². The van der Waals surface area contributed by atoms with E-state index in [1.807, 2.05) is 24.3 Å². The van der Waals surface area contributed by atoms with E-state index in [1.54, 1.807) is 7.05 Å². The monoisotopic (exact) mass is 218 g/mol. The summed E-state index contributed by atoms with van der Waals surface area (Å²) in [5, 5.41) is 2.70. The van der Waals surface area contributed by atoms with E-state index < -0.39 is 0 Å². The minimum atomic E-state index is 0.00109. The number of carbonyl (C=O) groups excluding carboxylic acids is 1. The lowest BCUT2D eigenvalue weighted by Crippen LogP contribution is -2.32. The highest BCUT2D eigenvalue weighted by molar-refractivity contribution is 5.99. The first-order chi connectivity index (χ1) is 7.83. The molecule has 0 spiro atoms. The molecule has 3 heteroatoms. The van der Waals surface area contributed by atoms with E-state index in [0.29, 0.717) is 0 Å². The molecule has 86 valence electrons. The van der Waals surface area contributed by atoms with Crippen LogP contribution in [0.25, 0.3) is 0 Å². The van der Waals surface area contributed by atoms with Crippen molar-refractivity contribution >= 4 is 11.6 Å². The number of nitrogens with one attached hydrogen (secondary N) is 1. The van der Waals surface area contributed by atoms with Gasteiger partial charge in [-0.05, 0) is 31.4 Å². The van der Waals surface area contributed by atoms with E-state index in [2.05, 4.69) is 10.2 Å². The van der Waals surface area contributed by atoms with Gasteiger partial charge in [-0.3, -0.25) is 4.79 Å². The standard InChI is InChI=1S/C13H18N2O/c1-14-13(16)11-7-3-4-8-12(11)15-9-5-2-6-10-15/h3-4,7-8H,2,5-6,9-10H2,1H3,(H,14,16). The average molecular weight is 218 g/mol. The topological polar surface area (TPSA) is 32.3 Å². The van der Waals surface area contributed by atoms with Crippen LogP contribution in [0.1, 0.15) is 29.6 Å². The fourth-order valence-electron chi connectivity index (χ4n) is 2.21. The van der Waals surface area contributed by atoms with Crippen LogP contribution in [-0.2, 0) is 0 Å². The van der Waals surface area contributed by atoms with Gasteiger partial charge in [0.25, 0.3) is 5.91 Å². The lowest BCUT2D eigenvalue weighted by atomic mass is 10.1. The third-order valence-corrected chi connectivity index (χ3v) is 3.07. The van der Waals surface area contributed by atoms with Crippen LogP contribution in [0.15, 0.2) is 24.3 Å². The summed E-state index contributed by atoms with van der Waals surface area (Å²) in [6.07, 6.45) is 3.75. The predicted molar refractivity (Wildman–Crippen MR) is 65.9 cm³/mol. The van der Waals surface area contributed by atoms with Crippen molar-refractivity contribution in [3.8, 4) is 0 Å². The number of hydrogen-bond donors (Lipinski definition) is 1. The van der Waals surface area contributed by atoms with Gasteiger partial charge < -0.3 is 10.2 Å². The zero-order chi connectivity index (χ0) is 11.4. The zero-order valence-electron chi connectivity index (χ0n) is 9.70. The lowest BCUT2D eigenvalue weighted by Gasteiger charge is -2.30. The van der Waals surface area contributed by atoms with Crippen LogP contribution < -0.4 is 10.2 Å². The summed E-state index contributed by atoms with van der Waals surface area (Å²) in [7, 11) is 1.68. The molecule has 0 atom stereocenters. The molecule has 1 heterocycles. The zero-order valence-corrected chi connectivity index (χ0v) is 9.70. The van der Waals surface area contributed by atoms with E-state index in [-0.39, 0.29) is 5.91 Å². The molecule has 1 fully saturated rings. The van der Waals surface area contributed by atoms with Gasteiger partial charge in [0.05, 0.1) is 5.56 Å². The van der Waals surface area contributed by atoms with Crippen molar-refractivity contribution in [3.63, 3.8) is 0 Å². The Morgan fingerprint density at radius 2 is 1.88 bits per heavy atom. The number of para-hydroxylation sites is 1. The van der Waals surface area contributed by atoms with Gasteiger partial charge in [0, 0.05) is 25.8 Å². The van der Waals surface area contributed by atoms with Crippen LogP contribution >= 0.6 is 0 Å². The summed E-state index contributed by atoms with van der Waals surface area (Å²) < 4.78 is 0. The third kappa shape index (κ3) is 2.18. The third-order valence-electron chi connectivity index (χ3n) is 3.07. The van der Waals surface area contributed by atoms with Crippen LogP contribution in [0.4, 0.5) is 5.69 Å². The number of nitrogens with zero attached hydrogens (tertiary/aromatic N) is 1. The van der Waals surface area contributed by atoms with E-state index >= 15 is 0 Å². The summed E-state index contributed by atoms with van der Waals surface area (Å²) in [4.78, 5) is 14.1. The normalized spacial score (nSPS) is 15.9. The molecule has 0 bridgehead atoms. The van der Waals surface area contributed by atoms with Crippen molar-refractivity contribution in [2.75, 3.05) is 25.0 Å². The Kier molecular flexibility index (Phi) is 3.44. The Morgan fingerprint density at radius 3 is 2.56 bits per heavy atom. The quantitative estimate of drug-likeness (QED) is 0.823. The average Bonchev–Trinajstić information content (AvgIpc) is 2.39. The van der Waals surface area contributed by atoms with Gasteiger partial charge in [-0.1, -0.05) is 12.1 Å². The minimum absolute atomic E-state index is 0.00109. The minimum Gasteiger partial charge on any atom is -0.371 e. The molecule has 1 saturated heterocycles. The number of anilines is 1. The Bertz CT molecular complexity index is 370. The second-order valence-corrected chi connectivity index (χ2v) is 4.14. The lowest BCUT2D eigenvalue weighted by molar-refractivity contribution is 0.0963. The molecule has 16 heavy (non-hydrogen) atoms. The molecule has 2 rings (SSSR count). The summed E-state index contributed by atoms with van der Waals surface area (Å²) >= 11 is 0. The first-order valence-electron chi connectivity index (χ1n) is 5.89. The Labute approximate surface area is 96.5 Å². The molecular formula is C13H18N2O. The largest absolute Gasteiger partial charge is 0.371 e. The number of rotatable bonds is 2. The van der Waals surface area contributed by atoms with Gasteiger partial charge in [-0.15, -0.1) is 0 Å². The predicted octanol–water partition coefficient (Wildman–Crippen LogP) is 2.04. The molecule has 0 aliphatic carbocycles. The number of piperidine rings is 1. The maximum absolute atomic E-state index is 11.7. The molecule has 0 aromatic heterocycles. The summed E-state index contributed by atoms with van der Waals surface area (Å²) in [6.45, 7) is 2.13. The molecule has 1 aromatic rings. The summed E-state index contributed by atoms with van der Waals surface area (Å²) in [5.41, 5.74) is 1.86. The van der Waals surface area contributed by atoms with Crippen molar-refractivity contribution in [2.24, 2.45) is 0 Å². The number of hydrogen-bond acceptors (Lipinski definition) is 2. The maximum Gasteiger partial charge on any atom is 0.253 e. The molecule has 0 saturated carbocycles. The Hall–Kier alpha value is -1.51. The van der Waals surface area contributed by atoms with Crippen LogP contribution in [0.5, 0.6) is 0 Å². The molecule has 0 radical (unpaired) electrons. The fraction of sp³-hybridized carbons (Fsp3) is 0.462. The Morgan fingerprint density at radius 1 is 1.19 bits per heavy atom. The first kappa shape index (κ1) is 11.0. The van der Waals surface area contributed by atoms with Gasteiger partial charge in [-0.25, -0.2) is 0 Å². The number of amides is 1. The molecule has 1 aliphatic heterocycles. The highest BCUT2D eigenvalue weighted by Gasteiger charge is 2.16. The van der Waals surface area contributed by atoms with Crippen molar-refractivity contribution in [1.82, 2.24) is 5.32 Å². The summed E-state index contributed by atoms with van der Waals surface area (Å²) in [5.74, 6) is 0.00109. The van der Waals surface area contributed by atoms with E-state index in [4.69, 9.17) is 0 Å². The van der Waals surface area contributed by atoms with Crippen LogP contribution in [0.2, 0.25) is 0 Å². The molecule has 1 aromatic carbocycles. The fourth-order valence-corrected chi connectivity index (χ4v) is 2.21. The van der Waals surface area contributed by atoms with Crippen molar-refractivity contribution in [3.05, 3.63) is 29.8 Å². The number of carbonyl (C=O) groups is 1. The second-order valence-electron chi connectivity index (χ2n) is 4.14. The molecule has 0 unspecified atom stereocenters. The molecule has 1 aliphatic rings. The van der Waals surface area contributed by atoms with Crippen molar-refractivity contribution in [1.29, 1.82) is 0 Å². The van der Waals surface area contributed by atoms with Gasteiger partial charge in [0.2, 0.25) is 0 Å². The smallest absolute Gasteiger partial charge is 0.253 e. The van der Waals surface area contributed by atoms with Crippen LogP contribution in [-0.4, -0.2) is 26.0 Å². The SMILES string of the molecule is CNC(=O)c1ccccc1N1CCCCC1. The number of benzene rings is 1.